The number of carbonyl (C=O) groups is 1. The summed E-state index contributed by atoms with van der Waals surface area (Å²) in [6.07, 6.45) is 3.49. The molecule has 31 heavy (non-hydrogen) atoms. The van der Waals surface area contributed by atoms with Gasteiger partial charge in [-0.1, -0.05) is 12.1 Å². The van der Waals surface area contributed by atoms with Crippen LogP contribution in [0.5, 0.6) is 5.75 Å². The molecule has 172 valence electrons. The zero-order valence-electron chi connectivity index (χ0n) is 19.1. The Bertz CT molecular complexity index is 728. The van der Waals surface area contributed by atoms with Crippen LogP contribution in [-0.2, 0) is 9.53 Å². The van der Waals surface area contributed by atoms with E-state index in [-0.39, 0.29) is 18.5 Å². The van der Waals surface area contributed by atoms with Crippen molar-refractivity contribution in [1.82, 2.24) is 20.4 Å². The third-order valence-corrected chi connectivity index (χ3v) is 5.98. The average Bonchev–Trinajstić information content (AvgIpc) is 3.49. The summed E-state index contributed by atoms with van der Waals surface area (Å²) in [5.41, 5.74) is 1.22. The summed E-state index contributed by atoms with van der Waals surface area (Å²) in [5, 5.41) is 6.92. The number of rotatable bonds is 9. The van der Waals surface area contributed by atoms with E-state index in [9.17, 15) is 4.79 Å². The van der Waals surface area contributed by atoms with E-state index in [4.69, 9.17) is 9.47 Å². The standard InChI is InChI=1S/C23H37N5O3/c1-27(2)22(29)16-26-23(24-14-18-9-12-31-17-18)25-15-21(28-10-4-5-11-28)19-7-6-8-20(13-19)30-3/h6-8,13,18,21H,4-5,9-12,14-17H2,1-3H3,(H2,24,25,26). The SMILES string of the molecule is COc1cccc(C(CNC(=NCC(=O)N(C)C)NCC2CCOC2)N2CCCC2)c1. The molecule has 8 nitrogen and oxygen atoms in total. The fourth-order valence-electron chi connectivity index (χ4n) is 4.00. The van der Waals surface area contributed by atoms with Crippen LogP contribution in [0.1, 0.15) is 30.9 Å². The van der Waals surface area contributed by atoms with Gasteiger partial charge < -0.3 is 25.0 Å². The lowest BCUT2D eigenvalue weighted by molar-refractivity contribution is -0.127. The Morgan fingerprint density at radius 3 is 2.81 bits per heavy atom. The molecule has 2 atom stereocenters. The predicted octanol–water partition coefficient (Wildman–Crippen LogP) is 1.49. The molecule has 0 radical (unpaired) electrons. The number of carbonyl (C=O) groups excluding carboxylic acids is 1. The number of likely N-dealkylation sites (tertiary alicyclic amines) is 1. The molecule has 2 unspecified atom stereocenters. The lowest BCUT2D eigenvalue weighted by Crippen LogP contribution is -2.44. The van der Waals surface area contributed by atoms with E-state index in [0.29, 0.717) is 18.4 Å². The van der Waals surface area contributed by atoms with Gasteiger partial charge in [-0.25, -0.2) is 4.99 Å². The fourth-order valence-corrected chi connectivity index (χ4v) is 4.00. The lowest BCUT2D eigenvalue weighted by Gasteiger charge is -2.29. The van der Waals surface area contributed by atoms with Crippen LogP contribution in [-0.4, -0.2) is 88.8 Å². The number of ether oxygens (including phenoxy) is 2. The van der Waals surface area contributed by atoms with E-state index in [0.717, 1.165) is 45.0 Å². The molecule has 2 aliphatic rings. The number of amides is 1. The number of nitrogens with one attached hydrogen (secondary N) is 2. The molecule has 2 aliphatic heterocycles. The van der Waals surface area contributed by atoms with Gasteiger partial charge in [0.1, 0.15) is 12.3 Å². The molecule has 8 heteroatoms. The maximum Gasteiger partial charge on any atom is 0.243 e. The summed E-state index contributed by atoms with van der Waals surface area (Å²) in [6.45, 7) is 5.38. The molecule has 0 aliphatic carbocycles. The summed E-state index contributed by atoms with van der Waals surface area (Å²) in [4.78, 5) is 20.7. The maximum absolute atomic E-state index is 12.1. The van der Waals surface area contributed by atoms with Crippen LogP contribution in [0, 0.1) is 5.92 Å². The smallest absolute Gasteiger partial charge is 0.243 e. The number of nitrogens with zero attached hydrogens (tertiary/aromatic N) is 3. The Morgan fingerprint density at radius 2 is 2.13 bits per heavy atom. The molecule has 3 rings (SSSR count). The lowest BCUT2D eigenvalue weighted by atomic mass is 10.1. The molecule has 2 N–H and O–H groups in total. The first-order chi connectivity index (χ1) is 15.1. The molecule has 0 saturated carbocycles. The molecular formula is C23H37N5O3. The molecule has 2 heterocycles. The van der Waals surface area contributed by atoms with Gasteiger partial charge in [-0.05, 0) is 50.0 Å². The predicted molar refractivity (Wildman–Crippen MR) is 122 cm³/mol. The summed E-state index contributed by atoms with van der Waals surface area (Å²) in [6, 6.07) is 8.50. The average molecular weight is 432 g/mol. The normalized spacial score (nSPS) is 20.5. The van der Waals surface area contributed by atoms with Crippen molar-refractivity contribution < 1.29 is 14.3 Å². The molecule has 0 spiro atoms. The van der Waals surface area contributed by atoms with E-state index >= 15 is 0 Å². The monoisotopic (exact) mass is 431 g/mol. The first kappa shape index (κ1) is 23.3. The molecule has 0 aromatic heterocycles. The van der Waals surface area contributed by atoms with Crippen molar-refractivity contribution in [2.24, 2.45) is 10.9 Å². The number of methoxy groups -OCH3 is 1. The van der Waals surface area contributed by atoms with Crippen molar-refractivity contribution in [3.8, 4) is 5.75 Å². The van der Waals surface area contributed by atoms with Gasteiger partial charge in [0.15, 0.2) is 5.96 Å². The van der Waals surface area contributed by atoms with Gasteiger partial charge in [-0.2, -0.15) is 0 Å². The first-order valence-corrected chi connectivity index (χ1v) is 11.2. The number of aliphatic imine (C=N–C) groups is 1. The van der Waals surface area contributed by atoms with Gasteiger partial charge in [0.2, 0.25) is 5.91 Å². The summed E-state index contributed by atoms with van der Waals surface area (Å²) < 4.78 is 10.9. The molecule has 0 bridgehead atoms. The highest BCUT2D eigenvalue weighted by atomic mass is 16.5. The number of likely N-dealkylation sites (N-methyl/N-ethyl adjacent to an activating group) is 1. The van der Waals surface area contributed by atoms with Crippen molar-refractivity contribution in [3.63, 3.8) is 0 Å². The van der Waals surface area contributed by atoms with E-state index in [2.05, 4.69) is 32.7 Å². The van der Waals surface area contributed by atoms with Crippen molar-refractivity contribution in [3.05, 3.63) is 29.8 Å². The van der Waals surface area contributed by atoms with Gasteiger partial charge in [0.05, 0.1) is 19.8 Å². The van der Waals surface area contributed by atoms with Crippen LogP contribution in [0.25, 0.3) is 0 Å². The van der Waals surface area contributed by atoms with E-state index in [1.165, 1.54) is 18.4 Å². The van der Waals surface area contributed by atoms with Crippen LogP contribution in [0.3, 0.4) is 0 Å². The minimum atomic E-state index is -0.0193. The molecule has 2 saturated heterocycles. The van der Waals surface area contributed by atoms with Crippen LogP contribution in [0.4, 0.5) is 0 Å². The Balaban J connectivity index is 1.69. The van der Waals surface area contributed by atoms with Gasteiger partial charge in [0, 0.05) is 39.7 Å². The molecule has 1 aromatic rings. The largest absolute Gasteiger partial charge is 0.497 e. The highest BCUT2D eigenvalue weighted by Crippen LogP contribution is 2.27. The van der Waals surface area contributed by atoms with Gasteiger partial charge in [0.25, 0.3) is 0 Å². The van der Waals surface area contributed by atoms with Gasteiger partial charge >= 0.3 is 0 Å². The van der Waals surface area contributed by atoms with Crippen molar-refractivity contribution in [2.75, 3.05) is 67.1 Å². The Kier molecular flexibility index (Phi) is 8.97. The third-order valence-electron chi connectivity index (χ3n) is 5.98. The summed E-state index contributed by atoms with van der Waals surface area (Å²) >= 11 is 0. The summed E-state index contributed by atoms with van der Waals surface area (Å²) in [7, 11) is 5.20. The van der Waals surface area contributed by atoms with Crippen LogP contribution >= 0.6 is 0 Å². The second-order valence-corrected chi connectivity index (χ2v) is 8.48. The maximum atomic E-state index is 12.1. The van der Waals surface area contributed by atoms with Crippen LogP contribution < -0.4 is 15.4 Å². The van der Waals surface area contributed by atoms with Crippen LogP contribution in [0.2, 0.25) is 0 Å². The van der Waals surface area contributed by atoms with Crippen molar-refractivity contribution >= 4 is 11.9 Å². The highest BCUT2D eigenvalue weighted by molar-refractivity contribution is 5.84. The van der Waals surface area contributed by atoms with Crippen molar-refractivity contribution in [1.29, 1.82) is 0 Å². The van der Waals surface area contributed by atoms with E-state index in [1.54, 1.807) is 26.1 Å². The zero-order chi connectivity index (χ0) is 22.1. The minimum Gasteiger partial charge on any atom is -0.497 e. The summed E-state index contributed by atoms with van der Waals surface area (Å²) in [5.74, 6) is 2.00. The molecule has 2 fully saturated rings. The third kappa shape index (κ3) is 7.11. The quantitative estimate of drug-likeness (QED) is 0.456. The second-order valence-electron chi connectivity index (χ2n) is 8.48. The van der Waals surface area contributed by atoms with Crippen LogP contribution in [0.15, 0.2) is 29.3 Å². The van der Waals surface area contributed by atoms with Gasteiger partial charge in [-0.3, -0.25) is 9.69 Å². The number of hydrogen-bond donors (Lipinski definition) is 2. The Morgan fingerprint density at radius 1 is 1.32 bits per heavy atom. The van der Waals surface area contributed by atoms with E-state index in [1.807, 2.05) is 12.1 Å². The van der Waals surface area contributed by atoms with Crippen molar-refractivity contribution in [2.45, 2.75) is 25.3 Å². The molecule has 1 amide bonds. The minimum absolute atomic E-state index is 0.0193. The molecular weight excluding hydrogens is 394 g/mol. The first-order valence-electron chi connectivity index (χ1n) is 11.2. The number of guanidine groups is 1. The van der Waals surface area contributed by atoms with E-state index < -0.39 is 0 Å². The fraction of sp³-hybridized carbons (Fsp3) is 0.652. The zero-order valence-corrected chi connectivity index (χ0v) is 19.1. The Labute approximate surface area is 186 Å². The second kappa shape index (κ2) is 11.9. The highest BCUT2D eigenvalue weighted by Gasteiger charge is 2.24. The topological polar surface area (TPSA) is 78.4 Å². The number of benzene rings is 1. The van der Waals surface area contributed by atoms with Gasteiger partial charge in [-0.15, -0.1) is 0 Å². The number of hydrogen-bond acceptors (Lipinski definition) is 5. The molecule has 1 aromatic carbocycles. The Hall–Kier alpha value is -2.32.